The number of pyridine rings is 1. The van der Waals surface area contributed by atoms with E-state index in [1.54, 1.807) is 0 Å². The van der Waals surface area contributed by atoms with Gasteiger partial charge >= 0.3 is 0 Å². The van der Waals surface area contributed by atoms with Crippen molar-refractivity contribution in [2.24, 2.45) is 0 Å². The Morgan fingerprint density at radius 1 is 0.962 bits per heavy atom. The summed E-state index contributed by atoms with van der Waals surface area (Å²) in [5.74, 6) is 1.74. The average molecular weight is 353 g/mol. The second-order valence-electron chi connectivity index (χ2n) is 7.27. The topological polar surface area (TPSA) is 37.8 Å². The predicted molar refractivity (Wildman–Crippen MR) is 101 cm³/mol. The van der Waals surface area contributed by atoms with Gasteiger partial charge in [0.2, 0.25) is 0 Å². The number of hydrogen-bond donors (Lipinski definition) is 0. The highest BCUT2D eigenvalue weighted by Crippen LogP contribution is 2.32. The van der Waals surface area contributed by atoms with E-state index in [0.717, 1.165) is 24.6 Å². The first-order valence-corrected chi connectivity index (χ1v) is 9.48. The number of likely N-dealkylation sites (tertiary alicyclic amines) is 1. The van der Waals surface area contributed by atoms with E-state index >= 15 is 0 Å². The number of fused-ring (bicyclic) bond motifs is 1. The molecule has 0 radical (unpaired) electrons. The molecule has 0 saturated carbocycles. The van der Waals surface area contributed by atoms with Gasteiger partial charge in [-0.3, -0.25) is 9.88 Å². The van der Waals surface area contributed by atoms with E-state index in [2.05, 4.69) is 46.1 Å². The SMILES string of the molecule is CN1CCC(N(Cc2ccncc2)Cc2ccc3c(c2)OCCO3)CC1. The molecule has 1 aromatic carbocycles. The zero-order chi connectivity index (χ0) is 17.8. The molecule has 2 aliphatic heterocycles. The molecular formula is C21H27N3O2. The lowest BCUT2D eigenvalue weighted by Crippen LogP contribution is -2.43. The van der Waals surface area contributed by atoms with Crippen LogP contribution in [0.2, 0.25) is 0 Å². The molecule has 0 amide bonds. The number of hydrogen-bond acceptors (Lipinski definition) is 5. The summed E-state index contributed by atoms with van der Waals surface area (Å²) in [6.45, 7) is 5.47. The van der Waals surface area contributed by atoms with Gasteiger partial charge in [-0.2, -0.15) is 0 Å². The van der Waals surface area contributed by atoms with E-state index in [-0.39, 0.29) is 0 Å². The van der Waals surface area contributed by atoms with Crippen LogP contribution in [0.15, 0.2) is 42.7 Å². The van der Waals surface area contributed by atoms with Gasteiger partial charge in [0.05, 0.1) is 0 Å². The molecule has 5 heteroatoms. The van der Waals surface area contributed by atoms with E-state index in [0.29, 0.717) is 19.3 Å². The fourth-order valence-electron chi connectivity index (χ4n) is 3.82. The maximum absolute atomic E-state index is 5.77. The normalized spacial score (nSPS) is 18.2. The quantitative estimate of drug-likeness (QED) is 0.826. The van der Waals surface area contributed by atoms with E-state index < -0.39 is 0 Å². The molecule has 5 nitrogen and oxygen atoms in total. The van der Waals surface area contributed by atoms with Gasteiger partial charge in [0.25, 0.3) is 0 Å². The summed E-state index contributed by atoms with van der Waals surface area (Å²) in [5.41, 5.74) is 2.60. The monoisotopic (exact) mass is 353 g/mol. The van der Waals surface area contributed by atoms with Crippen molar-refractivity contribution in [1.82, 2.24) is 14.8 Å². The third kappa shape index (κ3) is 4.17. The Bertz CT molecular complexity index is 714. The largest absolute Gasteiger partial charge is 0.486 e. The summed E-state index contributed by atoms with van der Waals surface area (Å²) in [7, 11) is 2.21. The molecule has 0 aliphatic carbocycles. The molecule has 1 saturated heterocycles. The Labute approximate surface area is 155 Å². The van der Waals surface area contributed by atoms with Crippen molar-refractivity contribution in [2.75, 3.05) is 33.4 Å². The van der Waals surface area contributed by atoms with Gasteiger partial charge in [-0.15, -0.1) is 0 Å². The van der Waals surface area contributed by atoms with Crippen LogP contribution in [0, 0.1) is 0 Å². The van der Waals surface area contributed by atoms with Crippen molar-refractivity contribution >= 4 is 0 Å². The zero-order valence-corrected chi connectivity index (χ0v) is 15.4. The number of nitrogens with zero attached hydrogens (tertiary/aromatic N) is 3. The maximum Gasteiger partial charge on any atom is 0.161 e. The lowest BCUT2D eigenvalue weighted by Gasteiger charge is -2.37. The third-order valence-corrected chi connectivity index (χ3v) is 5.33. The summed E-state index contributed by atoms with van der Waals surface area (Å²) in [6, 6.07) is 11.2. The van der Waals surface area contributed by atoms with Crippen molar-refractivity contribution in [2.45, 2.75) is 32.0 Å². The first-order valence-electron chi connectivity index (χ1n) is 9.48. The molecule has 1 fully saturated rings. The fraction of sp³-hybridized carbons (Fsp3) is 0.476. The van der Waals surface area contributed by atoms with Crippen LogP contribution in [0.5, 0.6) is 11.5 Å². The molecule has 26 heavy (non-hydrogen) atoms. The van der Waals surface area contributed by atoms with Gasteiger partial charge in [0, 0.05) is 31.5 Å². The molecule has 138 valence electrons. The van der Waals surface area contributed by atoms with Gasteiger partial charge in [-0.05, 0) is 68.4 Å². The Morgan fingerprint density at radius 3 is 2.42 bits per heavy atom. The van der Waals surface area contributed by atoms with Crippen molar-refractivity contribution in [3.05, 3.63) is 53.9 Å². The van der Waals surface area contributed by atoms with E-state index in [1.165, 1.54) is 37.1 Å². The number of aromatic nitrogens is 1. The van der Waals surface area contributed by atoms with Crippen molar-refractivity contribution in [3.8, 4) is 11.5 Å². The van der Waals surface area contributed by atoms with Gasteiger partial charge in [0.1, 0.15) is 13.2 Å². The zero-order valence-electron chi connectivity index (χ0n) is 15.4. The highest BCUT2D eigenvalue weighted by atomic mass is 16.6. The molecule has 1 aromatic heterocycles. The molecule has 2 aromatic rings. The third-order valence-electron chi connectivity index (χ3n) is 5.33. The van der Waals surface area contributed by atoms with Gasteiger partial charge in [0.15, 0.2) is 11.5 Å². The molecule has 0 atom stereocenters. The molecule has 0 spiro atoms. The fourth-order valence-corrected chi connectivity index (χ4v) is 3.82. The smallest absolute Gasteiger partial charge is 0.161 e. The molecule has 4 rings (SSSR count). The van der Waals surface area contributed by atoms with Crippen LogP contribution >= 0.6 is 0 Å². The molecular weight excluding hydrogens is 326 g/mol. The van der Waals surface area contributed by atoms with E-state index in [9.17, 15) is 0 Å². The van der Waals surface area contributed by atoms with Crippen LogP contribution in [0.4, 0.5) is 0 Å². The van der Waals surface area contributed by atoms with Crippen LogP contribution in [-0.2, 0) is 13.1 Å². The van der Waals surface area contributed by atoms with Crippen molar-refractivity contribution < 1.29 is 9.47 Å². The van der Waals surface area contributed by atoms with Gasteiger partial charge in [-0.1, -0.05) is 6.07 Å². The van der Waals surface area contributed by atoms with Crippen molar-refractivity contribution in [3.63, 3.8) is 0 Å². The molecule has 3 heterocycles. The Balaban J connectivity index is 1.52. The van der Waals surface area contributed by atoms with Crippen LogP contribution in [0.25, 0.3) is 0 Å². The summed E-state index contributed by atoms with van der Waals surface area (Å²) < 4.78 is 11.4. The Morgan fingerprint density at radius 2 is 1.65 bits per heavy atom. The number of piperidine rings is 1. The summed E-state index contributed by atoms with van der Waals surface area (Å²) in [6.07, 6.45) is 6.19. The molecule has 0 bridgehead atoms. The molecule has 0 unspecified atom stereocenters. The minimum Gasteiger partial charge on any atom is -0.486 e. The first kappa shape index (κ1) is 17.3. The molecule has 2 aliphatic rings. The summed E-state index contributed by atoms with van der Waals surface area (Å²) >= 11 is 0. The van der Waals surface area contributed by atoms with Crippen molar-refractivity contribution in [1.29, 1.82) is 0 Å². The number of ether oxygens (including phenoxy) is 2. The lowest BCUT2D eigenvalue weighted by molar-refractivity contribution is 0.107. The average Bonchev–Trinajstić information content (AvgIpc) is 2.69. The predicted octanol–water partition coefficient (Wildman–Crippen LogP) is 2.95. The summed E-state index contributed by atoms with van der Waals surface area (Å²) in [4.78, 5) is 9.18. The number of benzene rings is 1. The van der Waals surface area contributed by atoms with Crippen LogP contribution < -0.4 is 9.47 Å². The lowest BCUT2D eigenvalue weighted by atomic mass is 10.0. The highest BCUT2D eigenvalue weighted by molar-refractivity contribution is 5.43. The molecule has 0 N–H and O–H groups in total. The maximum atomic E-state index is 5.77. The summed E-state index contributed by atoms with van der Waals surface area (Å²) in [5, 5.41) is 0. The van der Waals surface area contributed by atoms with E-state index in [1.807, 2.05) is 18.5 Å². The Kier molecular flexibility index (Phi) is 5.37. The van der Waals surface area contributed by atoms with Gasteiger partial charge < -0.3 is 14.4 Å². The van der Waals surface area contributed by atoms with Crippen LogP contribution in [0.3, 0.4) is 0 Å². The minimum atomic E-state index is 0.604. The van der Waals surface area contributed by atoms with Crippen LogP contribution in [0.1, 0.15) is 24.0 Å². The van der Waals surface area contributed by atoms with Crippen LogP contribution in [-0.4, -0.2) is 54.2 Å². The first-order chi connectivity index (χ1) is 12.8. The minimum absolute atomic E-state index is 0.604. The standard InChI is InChI=1S/C21H27N3O2/c1-23-10-6-19(7-11-23)24(15-17-4-8-22-9-5-17)16-18-2-3-20-21(14-18)26-13-12-25-20/h2-5,8-9,14,19H,6-7,10-13,15-16H2,1H3. The van der Waals surface area contributed by atoms with E-state index in [4.69, 9.17) is 9.47 Å². The Hall–Kier alpha value is -2.11. The number of rotatable bonds is 5. The second-order valence-corrected chi connectivity index (χ2v) is 7.27. The second kappa shape index (κ2) is 8.06. The highest BCUT2D eigenvalue weighted by Gasteiger charge is 2.24. The van der Waals surface area contributed by atoms with Gasteiger partial charge in [-0.25, -0.2) is 0 Å².